The van der Waals surface area contributed by atoms with Gasteiger partial charge in [-0.25, -0.2) is 4.98 Å². The van der Waals surface area contributed by atoms with E-state index in [4.69, 9.17) is 0 Å². The molecule has 0 spiro atoms. The van der Waals surface area contributed by atoms with Crippen molar-refractivity contribution < 1.29 is 4.79 Å². The van der Waals surface area contributed by atoms with Crippen molar-refractivity contribution in [3.63, 3.8) is 0 Å². The predicted octanol–water partition coefficient (Wildman–Crippen LogP) is 4.28. The van der Waals surface area contributed by atoms with Gasteiger partial charge in [-0.1, -0.05) is 38.6 Å². The molecule has 3 heterocycles. The zero-order chi connectivity index (χ0) is 16.8. The lowest BCUT2D eigenvalue weighted by Gasteiger charge is -2.25. The van der Waals surface area contributed by atoms with Gasteiger partial charge in [-0.3, -0.25) is 4.79 Å². The Bertz CT molecular complexity index is 968. The minimum atomic E-state index is -0.243. The first-order valence-electron chi connectivity index (χ1n) is 8.44. The Morgan fingerprint density at radius 2 is 2.08 bits per heavy atom. The molecule has 1 aliphatic heterocycles. The summed E-state index contributed by atoms with van der Waals surface area (Å²) in [5.41, 5.74) is 4.04. The normalized spacial score (nSPS) is 18.5. The summed E-state index contributed by atoms with van der Waals surface area (Å²) >= 11 is 0. The number of aromatic nitrogens is 2. The summed E-state index contributed by atoms with van der Waals surface area (Å²) in [4.78, 5) is 17.2. The topological polar surface area (TPSA) is 46.9 Å². The zero-order valence-electron chi connectivity index (χ0n) is 14.0. The Balaban J connectivity index is 2.06. The molecule has 4 nitrogen and oxygen atoms in total. The van der Waals surface area contributed by atoms with E-state index < -0.39 is 0 Å². The molecule has 3 aromatic rings. The third kappa shape index (κ3) is 2.13. The van der Waals surface area contributed by atoms with E-state index in [-0.39, 0.29) is 11.9 Å². The van der Waals surface area contributed by atoms with Gasteiger partial charge in [0.1, 0.15) is 11.7 Å². The van der Waals surface area contributed by atoms with E-state index in [9.17, 15) is 4.79 Å². The van der Waals surface area contributed by atoms with Crippen LogP contribution in [0.4, 0.5) is 0 Å². The lowest BCUT2D eigenvalue weighted by molar-refractivity contribution is -0.124. The van der Waals surface area contributed by atoms with E-state index in [1.165, 1.54) is 16.3 Å². The molecule has 1 aliphatic rings. The molecule has 24 heavy (non-hydrogen) atoms. The molecule has 1 N–H and O–H groups in total. The average Bonchev–Trinajstić information content (AvgIpc) is 2.89. The van der Waals surface area contributed by atoms with Crippen molar-refractivity contribution in [3.8, 4) is 0 Å². The first kappa shape index (κ1) is 14.9. The third-order valence-electron chi connectivity index (χ3n) is 4.88. The number of fused-ring (bicyclic) bond motifs is 3. The Kier molecular flexibility index (Phi) is 3.41. The number of benzene rings is 1. The number of allylic oxidation sites excluding steroid dienone is 1. The predicted molar refractivity (Wildman–Crippen MR) is 96.9 cm³/mol. The number of pyridine rings is 1. The fraction of sp³-hybridized carbons (Fsp3) is 0.300. The highest BCUT2D eigenvalue weighted by Crippen LogP contribution is 2.37. The monoisotopic (exact) mass is 319 g/mol. The van der Waals surface area contributed by atoms with Crippen LogP contribution in [0, 0.1) is 0 Å². The van der Waals surface area contributed by atoms with Crippen LogP contribution >= 0.6 is 0 Å². The van der Waals surface area contributed by atoms with Gasteiger partial charge in [0.15, 0.2) is 0 Å². The molecule has 2 aromatic heterocycles. The van der Waals surface area contributed by atoms with Crippen LogP contribution in [-0.4, -0.2) is 15.5 Å². The molecule has 1 atom stereocenters. The number of nitrogens with zero attached hydrogens (tertiary/aromatic N) is 2. The van der Waals surface area contributed by atoms with Crippen molar-refractivity contribution in [1.82, 2.24) is 14.9 Å². The van der Waals surface area contributed by atoms with Crippen LogP contribution < -0.4 is 5.32 Å². The summed E-state index contributed by atoms with van der Waals surface area (Å²) in [7, 11) is 0. The van der Waals surface area contributed by atoms with Crippen LogP contribution in [0.5, 0.6) is 0 Å². The second kappa shape index (κ2) is 5.48. The molecular weight excluding hydrogens is 298 g/mol. The maximum absolute atomic E-state index is 12.6. The van der Waals surface area contributed by atoms with Crippen LogP contribution in [0.1, 0.15) is 44.2 Å². The smallest absolute Gasteiger partial charge is 0.247 e. The molecule has 1 saturated heterocycles. The van der Waals surface area contributed by atoms with Crippen molar-refractivity contribution >= 4 is 27.8 Å². The second-order valence-electron chi connectivity index (χ2n) is 6.79. The van der Waals surface area contributed by atoms with Gasteiger partial charge < -0.3 is 9.88 Å². The van der Waals surface area contributed by atoms with Crippen molar-refractivity contribution in [3.05, 3.63) is 54.4 Å². The highest BCUT2D eigenvalue weighted by Gasteiger charge is 2.29. The SMILES string of the molecule is C=C1CCC(n2c3ccccc3c3c(C(C)C)ccnc32)C(=O)N1. The van der Waals surface area contributed by atoms with Gasteiger partial charge >= 0.3 is 0 Å². The zero-order valence-corrected chi connectivity index (χ0v) is 14.0. The summed E-state index contributed by atoms with van der Waals surface area (Å²) in [6.45, 7) is 8.27. The molecule has 0 saturated carbocycles. The van der Waals surface area contributed by atoms with Gasteiger partial charge in [0.05, 0.1) is 5.52 Å². The largest absolute Gasteiger partial charge is 0.329 e. The van der Waals surface area contributed by atoms with Crippen molar-refractivity contribution in [2.45, 2.75) is 38.6 Å². The van der Waals surface area contributed by atoms with Crippen LogP contribution in [0.3, 0.4) is 0 Å². The first-order chi connectivity index (χ1) is 11.6. The summed E-state index contributed by atoms with van der Waals surface area (Å²) in [6.07, 6.45) is 3.41. The minimum Gasteiger partial charge on any atom is -0.329 e. The molecule has 0 radical (unpaired) electrons. The number of hydrogen-bond donors (Lipinski definition) is 1. The molecule has 4 heteroatoms. The Morgan fingerprint density at radius 3 is 2.83 bits per heavy atom. The lowest BCUT2D eigenvalue weighted by atomic mass is 9.99. The maximum atomic E-state index is 12.6. The Morgan fingerprint density at radius 1 is 1.29 bits per heavy atom. The number of nitrogens with one attached hydrogen (secondary N) is 1. The highest BCUT2D eigenvalue weighted by atomic mass is 16.2. The molecule has 1 aromatic carbocycles. The number of rotatable bonds is 2. The van der Waals surface area contributed by atoms with Gasteiger partial charge in [-0.2, -0.15) is 0 Å². The number of para-hydroxylation sites is 1. The quantitative estimate of drug-likeness (QED) is 0.766. The van der Waals surface area contributed by atoms with E-state index in [1.54, 1.807) is 0 Å². The van der Waals surface area contributed by atoms with Crippen LogP contribution in [-0.2, 0) is 4.79 Å². The van der Waals surface area contributed by atoms with E-state index in [1.807, 2.05) is 18.3 Å². The number of amides is 1. The van der Waals surface area contributed by atoms with Crippen LogP contribution in [0.2, 0.25) is 0 Å². The molecule has 1 unspecified atom stereocenters. The van der Waals surface area contributed by atoms with Crippen molar-refractivity contribution in [2.24, 2.45) is 0 Å². The number of hydrogen-bond acceptors (Lipinski definition) is 2. The summed E-state index contributed by atoms with van der Waals surface area (Å²) in [5.74, 6) is 0.403. The minimum absolute atomic E-state index is 0.00523. The molecule has 1 amide bonds. The fourth-order valence-corrected chi connectivity index (χ4v) is 3.74. The van der Waals surface area contributed by atoms with E-state index in [2.05, 4.69) is 53.5 Å². The average molecular weight is 319 g/mol. The molecule has 0 aliphatic carbocycles. The van der Waals surface area contributed by atoms with Crippen LogP contribution in [0.15, 0.2) is 48.8 Å². The van der Waals surface area contributed by atoms with Crippen molar-refractivity contribution in [1.29, 1.82) is 0 Å². The number of carbonyl (C=O) groups excluding carboxylic acids is 1. The molecule has 122 valence electrons. The van der Waals surface area contributed by atoms with Gasteiger partial charge in [0.2, 0.25) is 5.91 Å². The van der Waals surface area contributed by atoms with Gasteiger partial charge in [-0.05, 0) is 36.5 Å². The maximum Gasteiger partial charge on any atom is 0.247 e. The summed E-state index contributed by atoms with van der Waals surface area (Å²) in [5, 5.41) is 5.24. The van der Waals surface area contributed by atoms with E-state index in [0.717, 1.165) is 29.7 Å². The molecule has 1 fully saturated rings. The van der Waals surface area contributed by atoms with E-state index in [0.29, 0.717) is 5.92 Å². The standard InChI is InChI=1S/C20H21N3O/c1-12(2)14-10-11-21-19-18(14)15-6-4-5-7-16(15)23(19)17-9-8-13(3)22-20(17)24/h4-7,10-12,17H,3,8-9H2,1-2H3,(H,22,24). The third-order valence-corrected chi connectivity index (χ3v) is 4.88. The summed E-state index contributed by atoms with van der Waals surface area (Å²) < 4.78 is 2.11. The van der Waals surface area contributed by atoms with E-state index >= 15 is 0 Å². The van der Waals surface area contributed by atoms with Crippen molar-refractivity contribution in [2.75, 3.05) is 0 Å². The second-order valence-corrected chi connectivity index (χ2v) is 6.79. The number of piperidine rings is 1. The molecular formula is C20H21N3O. The lowest BCUT2D eigenvalue weighted by Crippen LogP contribution is -2.36. The van der Waals surface area contributed by atoms with Crippen LogP contribution in [0.25, 0.3) is 21.9 Å². The Hall–Kier alpha value is -2.62. The fourth-order valence-electron chi connectivity index (χ4n) is 3.74. The highest BCUT2D eigenvalue weighted by molar-refractivity contribution is 6.09. The molecule has 0 bridgehead atoms. The van der Waals surface area contributed by atoms with Gasteiger partial charge in [-0.15, -0.1) is 0 Å². The van der Waals surface area contributed by atoms with Gasteiger partial charge in [0.25, 0.3) is 0 Å². The Labute approximate surface area is 141 Å². The molecule has 4 rings (SSSR count). The number of carbonyl (C=O) groups is 1. The first-order valence-corrected chi connectivity index (χ1v) is 8.44. The summed E-state index contributed by atoms with van der Waals surface area (Å²) in [6, 6.07) is 10.1. The van der Waals surface area contributed by atoms with Gasteiger partial charge in [0, 0.05) is 22.7 Å².